The van der Waals surface area contributed by atoms with Gasteiger partial charge >= 0.3 is 0 Å². The molecule has 2 aromatic heterocycles. The molecule has 2 fully saturated rings. The molecule has 7 heteroatoms. The molecular weight excluding hydrogens is 379 g/mol. The zero-order valence-corrected chi connectivity index (χ0v) is 16.4. The summed E-state index contributed by atoms with van der Waals surface area (Å²) in [6.45, 7) is 3.77. The highest BCUT2D eigenvalue weighted by molar-refractivity contribution is 5.85. The van der Waals surface area contributed by atoms with Crippen molar-refractivity contribution in [2.45, 2.75) is 31.9 Å². The first-order chi connectivity index (χ1) is 13.2. The minimum atomic E-state index is -0.306. The van der Waals surface area contributed by atoms with Crippen molar-refractivity contribution in [2.75, 3.05) is 19.7 Å². The van der Waals surface area contributed by atoms with Crippen molar-refractivity contribution in [3.8, 4) is 11.5 Å². The fourth-order valence-corrected chi connectivity index (χ4v) is 4.46. The molecule has 28 heavy (non-hydrogen) atoms. The smallest absolute Gasteiger partial charge is 0.158 e. The zero-order chi connectivity index (χ0) is 18.3. The highest BCUT2D eigenvalue weighted by atomic mass is 35.5. The van der Waals surface area contributed by atoms with Crippen LogP contribution in [-0.2, 0) is 11.3 Å². The fraction of sp³-hybridized carbons (Fsp3) is 0.429. The molecule has 1 atom stereocenters. The number of pyridine rings is 1. The van der Waals surface area contributed by atoms with E-state index in [1.165, 1.54) is 18.9 Å². The Bertz CT molecular complexity index is 970. The van der Waals surface area contributed by atoms with Crippen molar-refractivity contribution >= 4 is 23.3 Å². The molecule has 2 saturated heterocycles. The average Bonchev–Trinajstić information content (AvgIpc) is 3.30. The third-order valence-corrected chi connectivity index (χ3v) is 5.97. The number of piperidine rings is 1. The van der Waals surface area contributed by atoms with Crippen LogP contribution in [0.1, 0.15) is 19.3 Å². The minimum absolute atomic E-state index is 0. The second kappa shape index (κ2) is 7.78. The van der Waals surface area contributed by atoms with E-state index < -0.39 is 0 Å². The van der Waals surface area contributed by atoms with Crippen LogP contribution in [0.5, 0.6) is 0 Å². The van der Waals surface area contributed by atoms with Crippen LogP contribution in [0, 0.1) is 11.2 Å². The van der Waals surface area contributed by atoms with E-state index in [0.29, 0.717) is 16.6 Å². The topological polar surface area (TPSA) is 52.0 Å². The molecule has 0 aliphatic carbocycles. The van der Waals surface area contributed by atoms with Crippen molar-refractivity contribution in [3.63, 3.8) is 0 Å². The lowest BCUT2D eigenvalue weighted by atomic mass is 9.77. The monoisotopic (exact) mass is 402 g/mol. The van der Waals surface area contributed by atoms with Gasteiger partial charge in [-0.2, -0.15) is 0 Å². The lowest BCUT2D eigenvalue weighted by Gasteiger charge is -2.32. The molecule has 3 aromatic rings. The van der Waals surface area contributed by atoms with Gasteiger partial charge in [0.1, 0.15) is 17.0 Å². The Morgan fingerprint density at radius 1 is 1.21 bits per heavy atom. The Morgan fingerprint density at radius 2 is 2.07 bits per heavy atom. The van der Waals surface area contributed by atoms with Crippen LogP contribution in [0.4, 0.5) is 4.39 Å². The first-order valence-corrected chi connectivity index (χ1v) is 9.62. The molecule has 1 N–H and O–H groups in total. The van der Waals surface area contributed by atoms with E-state index in [9.17, 15) is 4.39 Å². The Labute approximate surface area is 169 Å². The van der Waals surface area contributed by atoms with E-state index in [1.807, 2.05) is 24.4 Å². The van der Waals surface area contributed by atoms with E-state index in [1.54, 1.807) is 12.3 Å². The van der Waals surface area contributed by atoms with Gasteiger partial charge in [0.15, 0.2) is 5.82 Å². The van der Waals surface area contributed by atoms with Crippen LogP contribution in [0.25, 0.3) is 22.4 Å². The van der Waals surface area contributed by atoms with Crippen LogP contribution < -0.4 is 5.32 Å². The van der Waals surface area contributed by atoms with Gasteiger partial charge in [-0.05, 0) is 49.9 Å². The second-order valence-electron chi connectivity index (χ2n) is 7.80. The number of aromatic nitrogens is 3. The maximum absolute atomic E-state index is 14.1. The van der Waals surface area contributed by atoms with Gasteiger partial charge in [0.05, 0.1) is 19.3 Å². The number of imidazole rings is 1. The maximum Gasteiger partial charge on any atom is 0.158 e. The van der Waals surface area contributed by atoms with Gasteiger partial charge in [-0.1, -0.05) is 18.2 Å². The molecule has 2 aliphatic rings. The van der Waals surface area contributed by atoms with E-state index in [0.717, 1.165) is 43.9 Å². The quantitative estimate of drug-likeness (QED) is 0.723. The molecule has 5 nitrogen and oxygen atoms in total. The number of hydrogen-bond acceptors (Lipinski definition) is 4. The van der Waals surface area contributed by atoms with Crippen molar-refractivity contribution in [3.05, 3.63) is 48.5 Å². The normalized spacial score (nSPS) is 21.1. The van der Waals surface area contributed by atoms with Gasteiger partial charge in [-0.25, -0.2) is 14.4 Å². The summed E-state index contributed by atoms with van der Waals surface area (Å²) in [4.78, 5) is 9.01. The Hall–Kier alpha value is -2.02. The highest BCUT2D eigenvalue weighted by Crippen LogP contribution is 2.41. The molecule has 2 aliphatic heterocycles. The van der Waals surface area contributed by atoms with Gasteiger partial charge in [-0.15, -0.1) is 12.4 Å². The molecule has 0 radical (unpaired) electrons. The number of rotatable bonds is 3. The summed E-state index contributed by atoms with van der Waals surface area (Å²) in [5.41, 5.74) is 1.41. The highest BCUT2D eigenvalue weighted by Gasteiger charge is 2.40. The number of nitrogens with one attached hydrogen (secondary N) is 1. The molecule has 1 aromatic carbocycles. The van der Waals surface area contributed by atoms with Gasteiger partial charge < -0.3 is 14.6 Å². The van der Waals surface area contributed by atoms with Gasteiger partial charge in [-0.3, -0.25) is 0 Å². The van der Waals surface area contributed by atoms with Crippen molar-refractivity contribution in [1.29, 1.82) is 0 Å². The largest absolute Gasteiger partial charge is 0.376 e. The van der Waals surface area contributed by atoms with Gasteiger partial charge in [0.2, 0.25) is 0 Å². The number of benzene rings is 1. The Morgan fingerprint density at radius 3 is 2.93 bits per heavy atom. The Balaban J connectivity index is 0.00000192. The summed E-state index contributed by atoms with van der Waals surface area (Å²) in [6, 6.07) is 8.82. The van der Waals surface area contributed by atoms with Crippen LogP contribution in [0.15, 0.2) is 42.7 Å². The van der Waals surface area contributed by atoms with Crippen molar-refractivity contribution in [1.82, 2.24) is 19.9 Å². The number of hydrogen-bond donors (Lipinski definition) is 1. The third-order valence-electron chi connectivity index (χ3n) is 5.97. The van der Waals surface area contributed by atoms with E-state index >= 15 is 0 Å². The third kappa shape index (κ3) is 3.52. The predicted molar refractivity (Wildman–Crippen MR) is 109 cm³/mol. The second-order valence-corrected chi connectivity index (χ2v) is 7.80. The summed E-state index contributed by atoms with van der Waals surface area (Å²) in [7, 11) is 0. The molecule has 0 amide bonds. The van der Waals surface area contributed by atoms with Crippen LogP contribution in [0.3, 0.4) is 0 Å². The SMILES string of the molecule is Cl.Fc1cccc2ccc(-c3nccn3CC3CC4(CCNCC4)CO3)nc12. The lowest BCUT2D eigenvalue weighted by molar-refractivity contribution is 0.0777. The van der Waals surface area contributed by atoms with Crippen LogP contribution >= 0.6 is 12.4 Å². The molecule has 4 heterocycles. The number of halogens is 2. The fourth-order valence-electron chi connectivity index (χ4n) is 4.46. The minimum Gasteiger partial charge on any atom is -0.376 e. The maximum atomic E-state index is 14.1. The predicted octanol–water partition coefficient (Wildman–Crippen LogP) is 3.82. The molecular formula is C21H24ClFN4O. The van der Waals surface area contributed by atoms with Gasteiger partial charge in [0.25, 0.3) is 0 Å². The number of ether oxygens (including phenoxy) is 1. The number of para-hydroxylation sites is 1. The summed E-state index contributed by atoms with van der Waals surface area (Å²) in [5, 5.41) is 4.23. The first-order valence-electron chi connectivity index (χ1n) is 9.62. The summed E-state index contributed by atoms with van der Waals surface area (Å²) >= 11 is 0. The summed E-state index contributed by atoms with van der Waals surface area (Å²) in [6.07, 6.45) is 7.38. The van der Waals surface area contributed by atoms with Gasteiger partial charge in [0, 0.05) is 17.8 Å². The zero-order valence-electron chi connectivity index (χ0n) is 15.6. The first kappa shape index (κ1) is 19.3. The standard InChI is InChI=1S/C21H23FN4O.ClH/c22-17-3-1-2-15-4-5-18(25-19(15)17)20-24-10-11-26(20)13-16-12-21(14-27-16)6-8-23-9-7-21;/h1-5,10-11,16,23H,6-9,12-14H2;1H. The molecule has 0 saturated carbocycles. The Kier molecular flexibility index (Phi) is 5.36. The molecule has 1 spiro atoms. The van der Waals surface area contributed by atoms with Crippen LogP contribution in [0.2, 0.25) is 0 Å². The van der Waals surface area contributed by atoms with Crippen molar-refractivity contribution in [2.24, 2.45) is 5.41 Å². The van der Waals surface area contributed by atoms with E-state index in [4.69, 9.17) is 4.74 Å². The summed E-state index contributed by atoms with van der Waals surface area (Å²) in [5.74, 6) is 0.453. The summed E-state index contributed by atoms with van der Waals surface area (Å²) < 4.78 is 22.3. The van der Waals surface area contributed by atoms with E-state index in [2.05, 4.69) is 19.9 Å². The van der Waals surface area contributed by atoms with Crippen LogP contribution in [-0.4, -0.2) is 40.3 Å². The number of fused-ring (bicyclic) bond motifs is 1. The molecule has 0 bridgehead atoms. The molecule has 1 unspecified atom stereocenters. The molecule has 5 rings (SSSR count). The number of nitrogens with zero attached hydrogens (tertiary/aromatic N) is 3. The van der Waals surface area contributed by atoms with E-state index in [-0.39, 0.29) is 24.3 Å². The average molecular weight is 403 g/mol. The molecule has 148 valence electrons. The van der Waals surface area contributed by atoms with Crippen molar-refractivity contribution < 1.29 is 9.13 Å². The lowest BCUT2D eigenvalue weighted by Crippen LogP contribution is -2.37.